The summed E-state index contributed by atoms with van der Waals surface area (Å²) in [5.41, 5.74) is 0.531. The van der Waals surface area contributed by atoms with E-state index in [0.717, 1.165) is 6.42 Å². The molecule has 0 radical (unpaired) electrons. The second-order valence-electron chi connectivity index (χ2n) is 5.36. The van der Waals surface area contributed by atoms with Crippen LogP contribution in [0.25, 0.3) is 0 Å². The van der Waals surface area contributed by atoms with Crippen LogP contribution in [0.4, 0.5) is 0 Å². The number of benzene rings is 1. The Kier molecular flexibility index (Phi) is 5.00. The fourth-order valence-electron chi connectivity index (χ4n) is 2.58. The maximum atomic E-state index is 11.9. The van der Waals surface area contributed by atoms with E-state index in [9.17, 15) is 4.79 Å². The predicted molar refractivity (Wildman–Crippen MR) is 76.2 cm³/mol. The summed E-state index contributed by atoms with van der Waals surface area (Å²) in [6, 6.07) is 9.15. The number of nitrogens with zero attached hydrogens (tertiary/aromatic N) is 1. The minimum atomic E-state index is -0.0916. The van der Waals surface area contributed by atoms with Crippen molar-refractivity contribution in [3.05, 3.63) is 29.8 Å². The fourth-order valence-corrected chi connectivity index (χ4v) is 2.58. The molecular weight excluding hydrogens is 252 g/mol. The molecule has 0 spiro atoms. The Labute approximate surface area is 119 Å². The summed E-state index contributed by atoms with van der Waals surface area (Å²) in [5, 5.41) is 11.8. The predicted octanol–water partition coefficient (Wildman–Crippen LogP) is 2.63. The van der Waals surface area contributed by atoms with Crippen LogP contribution in [0, 0.1) is 17.2 Å². The highest BCUT2D eigenvalue weighted by Gasteiger charge is 2.22. The molecule has 20 heavy (non-hydrogen) atoms. The molecule has 1 saturated carbocycles. The molecule has 2 rings (SSSR count). The second-order valence-corrected chi connectivity index (χ2v) is 5.36. The van der Waals surface area contributed by atoms with Gasteiger partial charge in [-0.3, -0.25) is 4.79 Å². The number of carbonyl (C=O) groups is 1. The van der Waals surface area contributed by atoms with E-state index in [0.29, 0.717) is 17.2 Å². The Morgan fingerprint density at radius 1 is 1.45 bits per heavy atom. The third-order valence-corrected chi connectivity index (χ3v) is 3.79. The quantitative estimate of drug-likeness (QED) is 0.916. The zero-order chi connectivity index (χ0) is 14.4. The fraction of sp³-hybridized carbons (Fsp3) is 0.500. The normalized spacial score (nSPS) is 21.8. The van der Waals surface area contributed by atoms with Gasteiger partial charge in [-0.05, 0) is 37.0 Å². The molecule has 0 aliphatic heterocycles. The number of nitriles is 1. The second kappa shape index (κ2) is 6.95. The zero-order valence-corrected chi connectivity index (χ0v) is 11.8. The van der Waals surface area contributed by atoms with E-state index in [1.807, 2.05) is 6.07 Å². The number of hydrogen-bond acceptors (Lipinski definition) is 3. The van der Waals surface area contributed by atoms with E-state index in [4.69, 9.17) is 10.00 Å². The van der Waals surface area contributed by atoms with Crippen molar-refractivity contribution < 1.29 is 9.53 Å². The van der Waals surface area contributed by atoms with E-state index in [1.54, 1.807) is 24.3 Å². The number of carbonyl (C=O) groups excluding carboxylic acids is 1. The number of amides is 1. The summed E-state index contributed by atoms with van der Waals surface area (Å²) >= 11 is 0. The lowest BCUT2D eigenvalue weighted by atomic mass is 9.86. The molecule has 2 atom stereocenters. The molecule has 1 aromatic rings. The number of ether oxygens (including phenoxy) is 1. The van der Waals surface area contributed by atoms with Gasteiger partial charge in [0.2, 0.25) is 0 Å². The highest BCUT2D eigenvalue weighted by atomic mass is 16.5. The van der Waals surface area contributed by atoms with Crippen molar-refractivity contribution in [2.75, 3.05) is 6.61 Å². The lowest BCUT2D eigenvalue weighted by molar-refractivity contribution is -0.124. The lowest BCUT2D eigenvalue weighted by Crippen LogP contribution is -2.43. The highest BCUT2D eigenvalue weighted by molar-refractivity contribution is 5.77. The van der Waals surface area contributed by atoms with Gasteiger partial charge in [0.15, 0.2) is 6.61 Å². The Balaban J connectivity index is 1.81. The molecule has 4 heteroatoms. The van der Waals surface area contributed by atoms with Gasteiger partial charge in [-0.2, -0.15) is 5.26 Å². The van der Waals surface area contributed by atoms with Gasteiger partial charge in [-0.1, -0.05) is 25.8 Å². The van der Waals surface area contributed by atoms with Crippen LogP contribution in [-0.4, -0.2) is 18.6 Å². The largest absolute Gasteiger partial charge is 0.484 e. The average molecular weight is 272 g/mol. The van der Waals surface area contributed by atoms with Crippen LogP contribution in [0.1, 0.15) is 38.2 Å². The summed E-state index contributed by atoms with van der Waals surface area (Å²) < 4.78 is 5.42. The summed E-state index contributed by atoms with van der Waals surface area (Å²) in [5.74, 6) is 0.997. The molecule has 0 aromatic heterocycles. The number of rotatable bonds is 4. The van der Waals surface area contributed by atoms with Gasteiger partial charge >= 0.3 is 0 Å². The monoisotopic (exact) mass is 272 g/mol. The van der Waals surface area contributed by atoms with Crippen molar-refractivity contribution in [2.45, 2.75) is 38.6 Å². The van der Waals surface area contributed by atoms with Crippen molar-refractivity contribution in [3.8, 4) is 11.8 Å². The topological polar surface area (TPSA) is 62.1 Å². The molecule has 1 amide bonds. The van der Waals surface area contributed by atoms with Gasteiger partial charge < -0.3 is 10.1 Å². The van der Waals surface area contributed by atoms with Gasteiger partial charge in [0, 0.05) is 6.04 Å². The molecule has 0 saturated heterocycles. The first-order valence-electron chi connectivity index (χ1n) is 7.11. The minimum Gasteiger partial charge on any atom is -0.484 e. The average Bonchev–Trinajstić information content (AvgIpc) is 2.48. The first kappa shape index (κ1) is 14.4. The maximum absolute atomic E-state index is 11.9. The molecule has 2 unspecified atom stereocenters. The lowest BCUT2D eigenvalue weighted by Gasteiger charge is -2.29. The molecule has 0 bridgehead atoms. The molecule has 1 N–H and O–H groups in total. The van der Waals surface area contributed by atoms with Crippen molar-refractivity contribution in [3.63, 3.8) is 0 Å². The maximum Gasteiger partial charge on any atom is 0.258 e. The van der Waals surface area contributed by atoms with Crippen molar-refractivity contribution >= 4 is 5.91 Å². The van der Waals surface area contributed by atoms with Gasteiger partial charge in [0.05, 0.1) is 11.6 Å². The van der Waals surface area contributed by atoms with Crippen LogP contribution in [0.5, 0.6) is 5.75 Å². The molecule has 1 aliphatic rings. The standard InChI is InChI=1S/C16H20N2O2/c1-12-5-2-3-8-15(12)18-16(19)11-20-14-7-4-6-13(9-14)10-17/h4,6-7,9,12,15H,2-3,5,8,11H2,1H3,(H,18,19). The van der Waals surface area contributed by atoms with Crippen molar-refractivity contribution in [1.29, 1.82) is 5.26 Å². The summed E-state index contributed by atoms with van der Waals surface area (Å²) in [7, 11) is 0. The van der Waals surface area contributed by atoms with E-state index < -0.39 is 0 Å². The van der Waals surface area contributed by atoms with Crippen LogP contribution < -0.4 is 10.1 Å². The Hall–Kier alpha value is -2.02. The first-order valence-corrected chi connectivity index (χ1v) is 7.11. The zero-order valence-electron chi connectivity index (χ0n) is 11.8. The molecule has 0 heterocycles. The smallest absolute Gasteiger partial charge is 0.258 e. The first-order chi connectivity index (χ1) is 9.69. The third-order valence-electron chi connectivity index (χ3n) is 3.79. The van der Waals surface area contributed by atoms with Crippen LogP contribution in [0.3, 0.4) is 0 Å². The molecule has 4 nitrogen and oxygen atoms in total. The summed E-state index contributed by atoms with van der Waals surface area (Å²) in [4.78, 5) is 11.9. The Morgan fingerprint density at radius 2 is 2.25 bits per heavy atom. The van der Waals surface area contributed by atoms with Crippen molar-refractivity contribution in [1.82, 2.24) is 5.32 Å². The number of hydrogen-bond donors (Lipinski definition) is 1. The third kappa shape index (κ3) is 3.99. The molecular formula is C16H20N2O2. The van der Waals surface area contributed by atoms with Crippen molar-refractivity contribution in [2.24, 2.45) is 5.92 Å². The Morgan fingerprint density at radius 3 is 3.00 bits per heavy atom. The van der Waals surface area contributed by atoms with Gasteiger partial charge in [-0.15, -0.1) is 0 Å². The molecule has 1 fully saturated rings. The van der Waals surface area contributed by atoms with E-state index >= 15 is 0 Å². The van der Waals surface area contributed by atoms with Gasteiger partial charge in [-0.25, -0.2) is 0 Å². The highest BCUT2D eigenvalue weighted by Crippen LogP contribution is 2.23. The summed E-state index contributed by atoms with van der Waals surface area (Å²) in [6.45, 7) is 2.18. The van der Waals surface area contributed by atoms with E-state index in [1.165, 1.54) is 19.3 Å². The summed E-state index contributed by atoms with van der Waals surface area (Å²) in [6.07, 6.45) is 4.66. The van der Waals surface area contributed by atoms with Gasteiger partial charge in [0.1, 0.15) is 5.75 Å². The SMILES string of the molecule is CC1CCCCC1NC(=O)COc1cccc(C#N)c1. The van der Waals surface area contributed by atoms with Gasteiger partial charge in [0.25, 0.3) is 5.91 Å². The van der Waals surface area contributed by atoms with Crippen LogP contribution in [0.2, 0.25) is 0 Å². The van der Waals surface area contributed by atoms with E-state index in [2.05, 4.69) is 12.2 Å². The Bertz CT molecular complexity index is 507. The van der Waals surface area contributed by atoms with Crippen LogP contribution in [0.15, 0.2) is 24.3 Å². The van der Waals surface area contributed by atoms with Crippen LogP contribution >= 0.6 is 0 Å². The molecule has 106 valence electrons. The van der Waals surface area contributed by atoms with Crippen LogP contribution in [-0.2, 0) is 4.79 Å². The number of nitrogens with one attached hydrogen (secondary N) is 1. The minimum absolute atomic E-state index is 0.00188. The van der Waals surface area contributed by atoms with E-state index in [-0.39, 0.29) is 18.6 Å². The molecule has 1 aliphatic carbocycles. The molecule has 1 aromatic carbocycles.